The van der Waals surface area contributed by atoms with Gasteiger partial charge in [-0.2, -0.15) is 5.26 Å². The zero-order valence-electron chi connectivity index (χ0n) is 18.7. The van der Waals surface area contributed by atoms with Gasteiger partial charge in [-0.3, -0.25) is 14.4 Å². The van der Waals surface area contributed by atoms with Crippen molar-refractivity contribution in [1.82, 2.24) is 14.9 Å². The number of H-pyrrole nitrogens is 1. The molecule has 5 rings (SSSR count). The number of fused-ring (bicyclic) bond motifs is 1. The Morgan fingerprint density at radius 2 is 1.97 bits per heavy atom. The number of anilines is 1. The molecule has 1 atom stereocenters. The summed E-state index contributed by atoms with van der Waals surface area (Å²) in [7, 11) is 0. The Labute approximate surface area is 192 Å². The second-order valence-corrected chi connectivity index (χ2v) is 9.11. The van der Waals surface area contributed by atoms with E-state index in [9.17, 15) is 14.4 Å². The number of hydrogen-bond donors (Lipinski definition) is 3. The third kappa shape index (κ3) is 5.89. The van der Waals surface area contributed by atoms with Crippen molar-refractivity contribution in [2.45, 2.75) is 57.3 Å². The molecule has 0 spiro atoms. The molecule has 4 N–H and O–H groups in total. The molecule has 0 aromatic carbocycles. The molecule has 3 fully saturated rings. The van der Waals surface area contributed by atoms with Gasteiger partial charge in [0.15, 0.2) is 0 Å². The summed E-state index contributed by atoms with van der Waals surface area (Å²) in [5, 5.41) is 12.7. The van der Waals surface area contributed by atoms with Crippen molar-refractivity contribution in [3.63, 3.8) is 0 Å². The van der Waals surface area contributed by atoms with Gasteiger partial charge in [-0.1, -0.05) is 0 Å². The molecule has 33 heavy (non-hydrogen) atoms. The van der Waals surface area contributed by atoms with Crippen LogP contribution in [0, 0.1) is 23.2 Å². The van der Waals surface area contributed by atoms with Crippen molar-refractivity contribution in [3.8, 4) is 6.07 Å². The first-order chi connectivity index (χ1) is 16.0. The molecule has 1 unspecified atom stereocenters. The average Bonchev–Trinajstić information content (AvgIpc) is 3.74. The second-order valence-electron chi connectivity index (χ2n) is 9.11. The van der Waals surface area contributed by atoms with Crippen molar-refractivity contribution in [2.75, 3.05) is 18.4 Å². The first kappa shape index (κ1) is 22.8. The highest BCUT2D eigenvalue weighted by Crippen LogP contribution is 2.34. The summed E-state index contributed by atoms with van der Waals surface area (Å²) in [6, 6.07) is 6.00. The Kier molecular flexibility index (Phi) is 6.92. The van der Waals surface area contributed by atoms with E-state index in [4.69, 9.17) is 11.0 Å². The third-order valence-corrected chi connectivity index (χ3v) is 6.40. The zero-order chi connectivity index (χ0) is 23.4. The highest BCUT2D eigenvalue weighted by molar-refractivity contribution is 5.94. The fraction of sp³-hybridized carbons (Fsp3) is 0.542. The van der Waals surface area contributed by atoms with Gasteiger partial charge < -0.3 is 20.9 Å². The summed E-state index contributed by atoms with van der Waals surface area (Å²) in [6.45, 7) is 1.39. The van der Waals surface area contributed by atoms with Crippen LogP contribution in [0.15, 0.2) is 18.3 Å². The fourth-order valence-electron chi connectivity index (χ4n) is 4.19. The van der Waals surface area contributed by atoms with E-state index in [1.165, 1.54) is 0 Å². The van der Waals surface area contributed by atoms with Crippen molar-refractivity contribution in [3.05, 3.63) is 23.9 Å². The van der Waals surface area contributed by atoms with Crippen LogP contribution in [0.1, 0.15) is 62.8 Å². The van der Waals surface area contributed by atoms with Gasteiger partial charge in [0.1, 0.15) is 11.5 Å². The number of amides is 3. The van der Waals surface area contributed by atoms with Crippen LogP contribution in [-0.2, 0) is 14.4 Å². The molecule has 3 aliphatic rings. The number of nitrogens with two attached hydrogens (primary N) is 1. The van der Waals surface area contributed by atoms with Crippen LogP contribution in [0.4, 0.5) is 5.82 Å². The maximum Gasteiger partial charge on any atom is 0.228 e. The summed E-state index contributed by atoms with van der Waals surface area (Å²) in [5.41, 5.74) is 6.73. The van der Waals surface area contributed by atoms with Gasteiger partial charge in [0.25, 0.3) is 0 Å². The Bertz CT molecular complexity index is 1080. The van der Waals surface area contributed by atoms with Crippen LogP contribution in [0.3, 0.4) is 0 Å². The monoisotopic (exact) mass is 450 g/mol. The van der Waals surface area contributed by atoms with E-state index in [0.717, 1.165) is 61.7 Å². The predicted molar refractivity (Wildman–Crippen MR) is 123 cm³/mol. The lowest BCUT2D eigenvalue weighted by Gasteiger charge is -2.33. The fourth-order valence-corrected chi connectivity index (χ4v) is 4.19. The number of aromatic nitrogens is 2. The highest BCUT2D eigenvalue weighted by Gasteiger charge is 2.31. The summed E-state index contributed by atoms with van der Waals surface area (Å²) >= 11 is 0. The second kappa shape index (κ2) is 10.0. The van der Waals surface area contributed by atoms with Crippen LogP contribution in [0.25, 0.3) is 11.0 Å². The number of primary amides is 1. The number of rotatable bonds is 6. The lowest BCUT2D eigenvalue weighted by molar-refractivity contribution is -0.132. The first-order valence-corrected chi connectivity index (χ1v) is 11.7. The molecular weight excluding hydrogens is 420 g/mol. The lowest BCUT2D eigenvalue weighted by Crippen LogP contribution is -2.39. The maximum absolute atomic E-state index is 12.3. The number of carbonyl (C=O) groups excluding carboxylic acids is 3. The number of carbonyl (C=O) groups is 3. The number of piperidine rings is 1. The Morgan fingerprint density at radius 3 is 2.61 bits per heavy atom. The lowest BCUT2D eigenvalue weighted by atomic mass is 9.89. The minimum absolute atomic E-state index is 0.0382. The molecule has 9 heteroatoms. The molecule has 2 saturated carbocycles. The van der Waals surface area contributed by atoms with Crippen molar-refractivity contribution in [1.29, 1.82) is 5.26 Å². The standard InChI is InChI=1S/C20H23N5O2.C4H7NO/c21-8-1-4-18(26)25-10-2-3-14(12-25)16-11-17(24-20(27)13-5-6-13)23-19-15(16)7-9-22-19;5-4(6)3-1-2-3/h7,9,11,13-14H,1-6,10,12H2,(H2,22,23,24,27);3H,1-2H2,(H2,5,6). The average molecular weight is 451 g/mol. The molecule has 2 aromatic heterocycles. The molecule has 1 saturated heterocycles. The molecule has 1 aliphatic heterocycles. The largest absolute Gasteiger partial charge is 0.369 e. The zero-order valence-corrected chi connectivity index (χ0v) is 18.7. The van der Waals surface area contributed by atoms with E-state index in [2.05, 4.69) is 15.3 Å². The van der Waals surface area contributed by atoms with Gasteiger partial charge in [-0.15, -0.1) is 0 Å². The SMILES string of the molecule is N#CCCC(=O)N1CCCC(c2cc(NC(=O)C3CC3)nc3[nH]ccc23)C1.NC(=O)C1CC1. The van der Waals surface area contributed by atoms with Crippen molar-refractivity contribution >= 4 is 34.6 Å². The van der Waals surface area contributed by atoms with Gasteiger partial charge in [0, 0.05) is 55.3 Å². The molecular formula is C24H30N6O3. The molecule has 2 aliphatic carbocycles. The smallest absolute Gasteiger partial charge is 0.228 e. The number of hydrogen-bond acceptors (Lipinski definition) is 5. The van der Waals surface area contributed by atoms with Crippen molar-refractivity contribution < 1.29 is 14.4 Å². The van der Waals surface area contributed by atoms with Crippen LogP contribution >= 0.6 is 0 Å². The van der Waals surface area contributed by atoms with E-state index in [1.807, 2.05) is 29.3 Å². The van der Waals surface area contributed by atoms with Gasteiger partial charge in [-0.05, 0) is 56.2 Å². The maximum atomic E-state index is 12.3. The minimum Gasteiger partial charge on any atom is -0.369 e. The molecule has 174 valence electrons. The summed E-state index contributed by atoms with van der Waals surface area (Å²) in [6.07, 6.45) is 8.26. The Morgan fingerprint density at radius 1 is 1.21 bits per heavy atom. The van der Waals surface area contributed by atoms with Gasteiger partial charge in [-0.25, -0.2) is 4.98 Å². The van der Waals surface area contributed by atoms with Crippen LogP contribution in [-0.4, -0.2) is 45.7 Å². The number of aromatic amines is 1. The summed E-state index contributed by atoms with van der Waals surface area (Å²) in [5.74, 6) is 1.09. The molecule has 3 heterocycles. The minimum atomic E-state index is -0.130. The highest BCUT2D eigenvalue weighted by atomic mass is 16.2. The van der Waals surface area contributed by atoms with Crippen LogP contribution < -0.4 is 11.1 Å². The molecule has 9 nitrogen and oxygen atoms in total. The van der Waals surface area contributed by atoms with Gasteiger partial charge in [0.05, 0.1) is 6.07 Å². The van der Waals surface area contributed by atoms with E-state index in [-0.39, 0.29) is 48.3 Å². The molecule has 0 radical (unpaired) electrons. The van der Waals surface area contributed by atoms with E-state index in [1.54, 1.807) is 0 Å². The Balaban J connectivity index is 0.000000376. The van der Waals surface area contributed by atoms with Crippen LogP contribution in [0.5, 0.6) is 0 Å². The van der Waals surface area contributed by atoms with Gasteiger partial charge in [0.2, 0.25) is 17.7 Å². The van der Waals surface area contributed by atoms with E-state index >= 15 is 0 Å². The van der Waals surface area contributed by atoms with Gasteiger partial charge >= 0.3 is 0 Å². The van der Waals surface area contributed by atoms with Crippen molar-refractivity contribution in [2.24, 2.45) is 17.6 Å². The first-order valence-electron chi connectivity index (χ1n) is 11.7. The molecule has 0 bridgehead atoms. The quantitative estimate of drug-likeness (QED) is 0.619. The summed E-state index contributed by atoms with van der Waals surface area (Å²) in [4.78, 5) is 44.0. The normalized spacial score (nSPS) is 19.8. The van der Waals surface area contributed by atoms with Crippen LogP contribution in [0.2, 0.25) is 0 Å². The number of pyridine rings is 1. The predicted octanol–water partition coefficient (Wildman–Crippen LogP) is 2.80. The number of nitrogens with one attached hydrogen (secondary N) is 2. The third-order valence-electron chi connectivity index (χ3n) is 6.40. The van der Waals surface area contributed by atoms with E-state index < -0.39 is 0 Å². The number of likely N-dealkylation sites (tertiary alicyclic amines) is 1. The summed E-state index contributed by atoms with van der Waals surface area (Å²) < 4.78 is 0. The molecule has 2 aromatic rings. The van der Waals surface area contributed by atoms with E-state index in [0.29, 0.717) is 12.4 Å². The topological polar surface area (TPSA) is 145 Å². The number of nitriles is 1. The Hall–Kier alpha value is -3.41. The molecule has 3 amide bonds. The number of nitrogens with zero attached hydrogens (tertiary/aromatic N) is 3.